The molecule has 0 spiro atoms. The molecule has 0 unspecified atom stereocenters. The predicted molar refractivity (Wildman–Crippen MR) is 55.5 cm³/mol. The van der Waals surface area contributed by atoms with Gasteiger partial charge in [-0.15, -0.1) is 0 Å². The second-order valence-electron chi connectivity index (χ2n) is 3.06. The van der Waals surface area contributed by atoms with E-state index in [9.17, 15) is 0 Å². The molecule has 0 aliphatic rings. The summed E-state index contributed by atoms with van der Waals surface area (Å²) < 4.78 is 0. The minimum absolute atomic E-state index is 0.654. The van der Waals surface area contributed by atoms with Crippen molar-refractivity contribution in [3.63, 3.8) is 0 Å². The van der Waals surface area contributed by atoms with Crippen LogP contribution in [0.25, 0.3) is 10.8 Å². The van der Waals surface area contributed by atoms with Gasteiger partial charge in [0, 0.05) is 17.1 Å². The number of nitrogens with two attached hydrogens (primary N) is 1. The number of hydrogen-bond acceptors (Lipinski definition) is 2. The van der Waals surface area contributed by atoms with Crippen LogP contribution in [0.5, 0.6) is 0 Å². The Bertz CT molecular complexity index is 435. The summed E-state index contributed by atoms with van der Waals surface area (Å²) >= 11 is 0. The van der Waals surface area contributed by atoms with Crippen molar-refractivity contribution in [2.45, 2.75) is 13.3 Å². The van der Waals surface area contributed by atoms with Crippen molar-refractivity contribution in [3.05, 3.63) is 36.0 Å². The molecule has 1 aromatic carbocycles. The van der Waals surface area contributed by atoms with Gasteiger partial charge in [0.25, 0.3) is 0 Å². The maximum Gasteiger partial charge on any atom is 0.127 e. The zero-order valence-electron chi connectivity index (χ0n) is 7.62. The highest BCUT2D eigenvalue weighted by atomic mass is 14.8. The quantitative estimate of drug-likeness (QED) is 0.717. The van der Waals surface area contributed by atoms with E-state index in [0.29, 0.717) is 5.82 Å². The summed E-state index contributed by atoms with van der Waals surface area (Å²) in [6.07, 6.45) is 2.75. The van der Waals surface area contributed by atoms with Crippen LogP contribution in [-0.2, 0) is 6.42 Å². The lowest BCUT2D eigenvalue weighted by molar-refractivity contribution is 1.14. The number of pyridine rings is 1. The van der Waals surface area contributed by atoms with E-state index < -0.39 is 0 Å². The van der Waals surface area contributed by atoms with Crippen LogP contribution >= 0.6 is 0 Å². The molecule has 0 bridgehead atoms. The first-order chi connectivity index (χ1) is 6.33. The van der Waals surface area contributed by atoms with Crippen LogP contribution < -0.4 is 5.73 Å². The highest BCUT2D eigenvalue weighted by molar-refractivity contribution is 5.87. The number of nitrogens with zero attached hydrogens (tertiary/aromatic N) is 1. The molecule has 13 heavy (non-hydrogen) atoms. The summed E-state index contributed by atoms with van der Waals surface area (Å²) in [5.74, 6) is 0.654. The Morgan fingerprint density at radius 1 is 1.31 bits per heavy atom. The highest BCUT2D eigenvalue weighted by Crippen LogP contribution is 2.21. The molecule has 1 aromatic heterocycles. The van der Waals surface area contributed by atoms with E-state index in [1.54, 1.807) is 0 Å². The molecule has 0 fully saturated rings. The molecule has 2 N–H and O–H groups in total. The first-order valence-corrected chi connectivity index (χ1v) is 4.45. The van der Waals surface area contributed by atoms with Gasteiger partial charge in [0.2, 0.25) is 0 Å². The van der Waals surface area contributed by atoms with E-state index in [0.717, 1.165) is 17.4 Å². The third kappa shape index (κ3) is 1.24. The van der Waals surface area contributed by atoms with Crippen molar-refractivity contribution >= 4 is 16.6 Å². The van der Waals surface area contributed by atoms with Gasteiger partial charge < -0.3 is 5.73 Å². The first kappa shape index (κ1) is 8.05. The summed E-state index contributed by atoms with van der Waals surface area (Å²) in [4.78, 5) is 4.16. The van der Waals surface area contributed by atoms with Crippen molar-refractivity contribution < 1.29 is 0 Å². The topological polar surface area (TPSA) is 38.9 Å². The fourth-order valence-corrected chi connectivity index (χ4v) is 1.61. The van der Waals surface area contributed by atoms with Crippen LogP contribution in [0.3, 0.4) is 0 Å². The Hall–Kier alpha value is -1.57. The van der Waals surface area contributed by atoms with E-state index in [-0.39, 0.29) is 0 Å². The van der Waals surface area contributed by atoms with Crippen LogP contribution in [-0.4, -0.2) is 4.98 Å². The Labute approximate surface area is 77.4 Å². The first-order valence-electron chi connectivity index (χ1n) is 4.45. The minimum atomic E-state index is 0.654. The molecule has 1 heterocycles. The second kappa shape index (κ2) is 3.05. The fourth-order valence-electron chi connectivity index (χ4n) is 1.61. The molecular formula is C11H12N2. The molecule has 2 heteroatoms. The summed E-state index contributed by atoms with van der Waals surface area (Å²) in [6.45, 7) is 2.10. The molecule has 0 atom stereocenters. The number of fused-ring (bicyclic) bond motifs is 1. The van der Waals surface area contributed by atoms with E-state index in [4.69, 9.17) is 5.73 Å². The SMILES string of the molecule is CCc1c(N)ncc2ccccc12. The lowest BCUT2D eigenvalue weighted by atomic mass is 10.1. The molecular weight excluding hydrogens is 160 g/mol. The lowest BCUT2D eigenvalue weighted by Crippen LogP contribution is -1.97. The van der Waals surface area contributed by atoms with E-state index in [1.165, 1.54) is 5.39 Å². The van der Waals surface area contributed by atoms with Gasteiger partial charge >= 0.3 is 0 Å². The van der Waals surface area contributed by atoms with Gasteiger partial charge in [-0.1, -0.05) is 31.2 Å². The third-order valence-corrected chi connectivity index (χ3v) is 2.29. The standard InChI is InChI=1S/C11H12N2/c1-2-9-10-6-4-3-5-8(10)7-13-11(9)12/h3-7H,2H2,1H3,(H2,12,13). The Morgan fingerprint density at radius 2 is 2.08 bits per heavy atom. The number of nitrogen functional groups attached to an aromatic ring is 1. The van der Waals surface area contributed by atoms with Crippen molar-refractivity contribution in [2.24, 2.45) is 0 Å². The van der Waals surface area contributed by atoms with Gasteiger partial charge in [0.05, 0.1) is 0 Å². The highest BCUT2D eigenvalue weighted by Gasteiger charge is 2.02. The van der Waals surface area contributed by atoms with Crippen molar-refractivity contribution in [2.75, 3.05) is 5.73 Å². The monoisotopic (exact) mass is 172 g/mol. The number of aromatic nitrogens is 1. The smallest absolute Gasteiger partial charge is 0.127 e. The normalized spacial score (nSPS) is 10.5. The zero-order valence-corrected chi connectivity index (χ0v) is 7.62. The third-order valence-electron chi connectivity index (χ3n) is 2.29. The van der Waals surface area contributed by atoms with Crippen molar-refractivity contribution in [1.82, 2.24) is 4.98 Å². The molecule has 0 saturated carbocycles. The Kier molecular flexibility index (Phi) is 1.89. The average Bonchev–Trinajstić information content (AvgIpc) is 2.18. The largest absolute Gasteiger partial charge is 0.383 e. The van der Waals surface area contributed by atoms with Gasteiger partial charge in [0.1, 0.15) is 5.82 Å². The van der Waals surface area contributed by atoms with Gasteiger partial charge in [0.15, 0.2) is 0 Å². The van der Waals surface area contributed by atoms with Crippen LogP contribution in [0, 0.1) is 0 Å². The maximum absolute atomic E-state index is 5.79. The molecule has 0 radical (unpaired) electrons. The summed E-state index contributed by atoms with van der Waals surface area (Å²) in [5, 5.41) is 2.38. The lowest BCUT2D eigenvalue weighted by Gasteiger charge is -2.05. The fraction of sp³-hybridized carbons (Fsp3) is 0.182. The number of rotatable bonds is 1. The molecule has 66 valence electrons. The van der Waals surface area contributed by atoms with Gasteiger partial charge in [-0.05, 0) is 11.8 Å². The molecule has 2 nitrogen and oxygen atoms in total. The van der Waals surface area contributed by atoms with Crippen LogP contribution in [0.15, 0.2) is 30.5 Å². The summed E-state index contributed by atoms with van der Waals surface area (Å²) in [5.41, 5.74) is 6.94. The maximum atomic E-state index is 5.79. The van der Waals surface area contributed by atoms with Gasteiger partial charge in [-0.25, -0.2) is 4.98 Å². The Morgan fingerprint density at radius 3 is 2.85 bits per heavy atom. The van der Waals surface area contributed by atoms with E-state index in [1.807, 2.05) is 18.3 Å². The molecule has 0 amide bonds. The van der Waals surface area contributed by atoms with Crippen LogP contribution in [0.2, 0.25) is 0 Å². The molecule has 2 rings (SSSR count). The summed E-state index contributed by atoms with van der Waals surface area (Å²) in [7, 11) is 0. The van der Waals surface area contributed by atoms with Crippen LogP contribution in [0.4, 0.5) is 5.82 Å². The number of hydrogen-bond donors (Lipinski definition) is 1. The van der Waals surface area contributed by atoms with E-state index in [2.05, 4.69) is 24.0 Å². The number of aryl methyl sites for hydroxylation is 1. The second-order valence-corrected chi connectivity index (χ2v) is 3.06. The number of benzene rings is 1. The van der Waals surface area contributed by atoms with E-state index >= 15 is 0 Å². The minimum Gasteiger partial charge on any atom is -0.383 e. The van der Waals surface area contributed by atoms with Crippen LogP contribution in [0.1, 0.15) is 12.5 Å². The van der Waals surface area contributed by atoms with Crippen molar-refractivity contribution in [3.8, 4) is 0 Å². The Balaban J connectivity index is 2.84. The zero-order chi connectivity index (χ0) is 9.26. The average molecular weight is 172 g/mol. The summed E-state index contributed by atoms with van der Waals surface area (Å²) in [6, 6.07) is 8.19. The van der Waals surface area contributed by atoms with Crippen molar-refractivity contribution in [1.29, 1.82) is 0 Å². The van der Waals surface area contributed by atoms with Gasteiger partial charge in [-0.2, -0.15) is 0 Å². The molecule has 2 aromatic rings. The molecule has 0 aliphatic heterocycles. The molecule has 0 saturated heterocycles. The van der Waals surface area contributed by atoms with Gasteiger partial charge in [-0.3, -0.25) is 0 Å². The predicted octanol–water partition coefficient (Wildman–Crippen LogP) is 2.38. The number of anilines is 1. The molecule has 0 aliphatic carbocycles.